The molecule has 1 aromatic rings. The molecule has 9 atom stereocenters. The summed E-state index contributed by atoms with van der Waals surface area (Å²) in [6, 6.07) is 8.82. The first-order valence-electron chi connectivity index (χ1n) is 14.3. The Hall–Kier alpha value is -1.53. The van der Waals surface area contributed by atoms with Gasteiger partial charge in [0.1, 0.15) is 0 Å². The van der Waals surface area contributed by atoms with Crippen LogP contribution in [0.4, 0.5) is 5.69 Å². The van der Waals surface area contributed by atoms with Gasteiger partial charge in [0, 0.05) is 24.9 Å². The van der Waals surface area contributed by atoms with Crippen molar-refractivity contribution in [1.82, 2.24) is 0 Å². The van der Waals surface area contributed by atoms with Gasteiger partial charge in [-0.25, -0.2) is 0 Å². The fourth-order valence-corrected chi connectivity index (χ4v) is 9.49. The molecule has 1 aromatic carbocycles. The fraction of sp³-hybridized carbons (Fsp3) is 0.774. The molecule has 3 unspecified atom stereocenters. The Morgan fingerprint density at radius 2 is 1.91 bits per heavy atom. The minimum atomic E-state index is 0.475. The Balaban J connectivity index is 1.25. The van der Waals surface area contributed by atoms with Crippen LogP contribution in [0.3, 0.4) is 0 Å². The van der Waals surface area contributed by atoms with Crippen molar-refractivity contribution >= 4 is 5.69 Å². The number of nitriles is 1. The first-order valence-corrected chi connectivity index (χ1v) is 14.3. The molecule has 0 aromatic heterocycles. The molecule has 3 heteroatoms. The number of nitrogens with one attached hydrogen (secondary N) is 1. The molecule has 186 valence electrons. The van der Waals surface area contributed by atoms with Crippen molar-refractivity contribution in [3.05, 3.63) is 29.3 Å². The number of anilines is 1. The summed E-state index contributed by atoms with van der Waals surface area (Å²) in [5, 5.41) is 13.1. The lowest BCUT2D eigenvalue weighted by atomic mass is 9.49. The maximum Gasteiger partial charge on any atom is 0.0991 e. The summed E-state index contributed by atoms with van der Waals surface area (Å²) in [5.41, 5.74) is 3.63. The van der Waals surface area contributed by atoms with Gasteiger partial charge in [-0.2, -0.15) is 5.26 Å². The highest BCUT2D eigenvalue weighted by atomic mass is 16.5. The van der Waals surface area contributed by atoms with Gasteiger partial charge < -0.3 is 10.1 Å². The zero-order valence-corrected chi connectivity index (χ0v) is 22.0. The summed E-state index contributed by atoms with van der Waals surface area (Å²) in [4.78, 5) is 0. The third kappa shape index (κ3) is 4.30. The molecule has 4 fully saturated rings. The van der Waals surface area contributed by atoms with E-state index in [0.717, 1.165) is 60.2 Å². The van der Waals surface area contributed by atoms with Crippen LogP contribution >= 0.6 is 0 Å². The predicted octanol–water partition coefficient (Wildman–Crippen LogP) is 7.59. The Morgan fingerprint density at radius 1 is 1.09 bits per heavy atom. The van der Waals surface area contributed by atoms with Crippen molar-refractivity contribution in [2.45, 2.75) is 91.5 Å². The quantitative estimate of drug-likeness (QED) is 0.473. The van der Waals surface area contributed by atoms with Crippen molar-refractivity contribution in [3.8, 4) is 6.07 Å². The summed E-state index contributed by atoms with van der Waals surface area (Å²) in [6.45, 7) is 11.2. The second-order valence-electron chi connectivity index (χ2n) is 12.6. The van der Waals surface area contributed by atoms with Gasteiger partial charge in [-0.15, -0.1) is 0 Å². The number of nitrogens with zero attached hydrogens (tertiary/aromatic N) is 1. The largest absolute Gasteiger partial charge is 0.382 e. The van der Waals surface area contributed by atoms with E-state index in [2.05, 4.69) is 45.1 Å². The summed E-state index contributed by atoms with van der Waals surface area (Å²) in [7, 11) is 0. The molecular weight excluding hydrogens is 416 g/mol. The standard InChI is InChI=1S/C31H46N2O/c1-5-34-19-23-6-9-25-24(17-23)8-10-27-26(25)14-15-31(4)28(11-12-29(27)31)21(3)33-30-13-7-22(18-32)16-20(30)2/h7,13,16,21,23-29,33H,5-6,8-12,14-15,17,19H2,1-4H3/t21-,23+,24-,25+,26?,27-,28?,29?,31-/m1/s1. The first kappa shape index (κ1) is 24.2. The molecule has 0 amide bonds. The van der Waals surface area contributed by atoms with Gasteiger partial charge in [0.2, 0.25) is 0 Å². The molecule has 1 N–H and O–H groups in total. The van der Waals surface area contributed by atoms with E-state index in [4.69, 9.17) is 4.74 Å². The second kappa shape index (κ2) is 9.85. The number of rotatable bonds is 6. The van der Waals surface area contributed by atoms with E-state index in [1.807, 2.05) is 12.1 Å². The van der Waals surface area contributed by atoms with E-state index in [1.54, 1.807) is 0 Å². The van der Waals surface area contributed by atoms with Gasteiger partial charge in [0.25, 0.3) is 0 Å². The molecule has 34 heavy (non-hydrogen) atoms. The number of aryl methyl sites for hydroxylation is 1. The maximum atomic E-state index is 9.21. The third-order valence-electron chi connectivity index (χ3n) is 11.0. The second-order valence-corrected chi connectivity index (χ2v) is 12.6. The minimum absolute atomic E-state index is 0.475. The van der Waals surface area contributed by atoms with Crippen molar-refractivity contribution in [1.29, 1.82) is 5.26 Å². The van der Waals surface area contributed by atoms with E-state index in [9.17, 15) is 5.26 Å². The van der Waals surface area contributed by atoms with Crippen LogP contribution in [0.2, 0.25) is 0 Å². The topological polar surface area (TPSA) is 45.0 Å². The molecule has 3 nitrogen and oxygen atoms in total. The average Bonchev–Trinajstić information content (AvgIpc) is 3.21. The number of hydrogen-bond donors (Lipinski definition) is 1. The molecule has 0 radical (unpaired) electrons. The van der Waals surface area contributed by atoms with Gasteiger partial charge in [-0.1, -0.05) is 6.92 Å². The van der Waals surface area contributed by atoms with Gasteiger partial charge in [-0.05, 0) is 149 Å². The van der Waals surface area contributed by atoms with Crippen LogP contribution in [0, 0.1) is 65.1 Å². The molecule has 5 rings (SSSR count). The van der Waals surface area contributed by atoms with Crippen LogP contribution in [0.25, 0.3) is 0 Å². The lowest BCUT2D eigenvalue weighted by Crippen LogP contribution is -2.50. The lowest BCUT2D eigenvalue weighted by Gasteiger charge is -2.57. The van der Waals surface area contributed by atoms with Gasteiger partial charge in [0.15, 0.2) is 0 Å². The zero-order chi connectivity index (χ0) is 23.9. The highest BCUT2D eigenvalue weighted by molar-refractivity contribution is 5.54. The minimum Gasteiger partial charge on any atom is -0.382 e. The van der Waals surface area contributed by atoms with Crippen LogP contribution < -0.4 is 5.32 Å². The van der Waals surface area contributed by atoms with Crippen LogP contribution in [-0.4, -0.2) is 19.3 Å². The summed E-state index contributed by atoms with van der Waals surface area (Å²) >= 11 is 0. The van der Waals surface area contributed by atoms with Crippen LogP contribution in [0.5, 0.6) is 0 Å². The van der Waals surface area contributed by atoms with E-state index in [1.165, 1.54) is 69.0 Å². The molecule has 0 aliphatic heterocycles. The highest BCUT2D eigenvalue weighted by Crippen LogP contribution is 2.65. The van der Waals surface area contributed by atoms with Crippen LogP contribution in [0.1, 0.15) is 89.7 Å². The molecule has 0 heterocycles. The maximum absolute atomic E-state index is 9.21. The van der Waals surface area contributed by atoms with E-state index >= 15 is 0 Å². The molecule has 4 aliphatic rings. The third-order valence-corrected chi connectivity index (χ3v) is 11.0. The highest BCUT2D eigenvalue weighted by Gasteiger charge is 2.57. The van der Waals surface area contributed by atoms with Crippen molar-refractivity contribution in [2.24, 2.45) is 46.8 Å². The van der Waals surface area contributed by atoms with Crippen molar-refractivity contribution in [3.63, 3.8) is 0 Å². The molecule has 0 bridgehead atoms. The number of hydrogen-bond acceptors (Lipinski definition) is 3. The van der Waals surface area contributed by atoms with Gasteiger partial charge in [0.05, 0.1) is 11.6 Å². The van der Waals surface area contributed by atoms with Crippen molar-refractivity contribution in [2.75, 3.05) is 18.5 Å². The van der Waals surface area contributed by atoms with E-state index in [-0.39, 0.29) is 0 Å². The molecule has 0 saturated heterocycles. The number of ether oxygens (including phenoxy) is 1. The Bertz CT molecular complexity index is 905. The number of benzene rings is 1. The Labute approximate surface area is 208 Å². The monoisotopic (exact) mass is 462 g/mol. The van der Waals surface area contributed by atoms with E-state index < -0.39 is 0 Å². The van der Waals surface area contributed by atoms with Gasteiger partial charge in [-0.3, -0.25) is 0 Å². The Morgan fingerprint density at radius 3 is 2.68 bits per heavy atom. The summed E-state index contributed by atoms with van der Waals surface area (Å²) in [5.74, 6) is 6.42. The molecule has 4 aliphatic carbocycles. The van der Waals surface area contributed by atoms with Crippen LogP contribution in [-0.2, 0) is 4.74 Å². The fourth-order valence-electron chi connectivity index (χ4n) is 9.49. The number of fused-ring (bicyclic) bond motifs is 5. The van der Waals surface area contributed by atoms with E-state index in [0.29, 0.717) is 11.5 Å². The first-order chi connectivity index (χ1) is 16.4. The molecular formula is C31H46N2O. The smallest absolute Gasteiger partial charge is 0.0991 e. The average molecular weight is 463 g/mol. The lowest BCUT2D eigenvalue weighted by molar-refractivity contribution is -0.0738. The predicted molar refractivity (Wildman–Crippen MR) is 140 cm³/mol. The molecule has 0 spiro atoms. The Kier molecular flexibility index (Phi) is 7.00. The van der Waals surface area contributed by atoms with Crippen LogP contribution in [0.15, 0.2) is 18.2 Å². The summed E-state index contributed by atoms with van der Waals surface area (Å²) in [6.07, 6.45) is 13.0. The summed E-state index contributed by atoms with van der Waals surface area (Å²) < 4.78 is 5.80. The zero-order valence-electron chi connectivity index (χ0n) is 22.0. The SMILES string of the molecule is CCOC[C@H]1CC[C@@H]2C3CC[C@@]4(C)C(CCC4[C@@H](C)Nc4ccc(C#N)cc4C)[C@@H]3CC[C@@H]2C1. The van der Waals surface area contributed by atoms with Gasteiger partial charge >= 0.3 is 0 Å². The normalized spacial score (nSPS) is 39.9. The van der Waals surface area contributed by atoms with Crippen molar-refractivity contribution < 1.29 is 4.74 Å². The molecule has 4 saturated carbocycles.